The van der Waals surface area contributed by atoms with E-state index in [2.05, 4.69) is 196 Å². The van der Waals surface area contributed by atoms with Gasteiger partial charge in [0.1, 0.15) is 0 Å². The van der Waals surface area contributed by atoms with E-state index in [4.69, 9.17) is 0 Å². The first-order valence-electron chi connectivity index (χ1n) is 17.8. The molecule has 2 aliphatic rings. The molecule has 0 saturated heterocycles. The largest absolute Gasteiger partial charge is 0.333 e. The van der Waals surface area contributed by atoms with Crippen LogP contribution in [0.1, 0.15) is 12.0 Å². The highest BCUT2D eigenvalue weighted by molar-refractivity contribution is 6.21. The minimum atomic E-state index is 0.161. The van der Waals surface area contributed by atoms with Crippen molar-refractivity contribution in [3.05, 3.63) is 192 Å². The third-order valence-electron chi connectivity index (χ3n) is 11.0. The number of nitrogens with zero attached hydrogens (tertiary/aromatic N) is 3. The second-order valence-electron chi connectivity index (χ2n) is 13.7. The Hall–Kier alpha value is -6.58. The second-order valence-corrected chi connectivity index (χ2v) is 13.7. The van der Waals surface area contributed by atoms with Crippen molar-refractivity contribution in [2.45, 2.75) is 12.5 Å². The van der Waals surface area contributed by atoms with Crippen LogP contribution in [0.4, 0.5) is 11.4 Å². The lowest BCUT2D eigenvalue weighted by molar-refractivity contribution is 0.836. The van der Waals surface area contributed by atoms with Gasteiger partial charge < -0.3 is 14.0 Å². The molecule has 3 heteroatoms. The van der Waals surface area contributed by atoms with Crippen LogP contribution in [-0.2, 0) is 0 Å². The fourth-order valence-electron chi connectivity index (χ4n) is 8.91. The van der Waals surface area contributed by atoms with Gasteiger partial charge in [-0.2, -0.15) is 0 Å². The lowest BCUT2D eigenvalue weighted by Crippen LogP contribution is -2.40. The van der Waals surface area contributed by atoms with Crippen molar-refractivity contribution < 1.29 is 0 Å². The fraction of sp³-hybridized carbons (Fsp3) is 0.0417. The van der Waals surface area contributed by atoms with Gasteiger partial charge in [0.15, 0.2) is 0 Å². The number of hydrogen-bond donors (Lipinski definition) is 0. The highest BCUT2D eigenvalue weighted by Crippen LogP contribution is 2.47. The van der Waals surface area contributed by atoms with Crippen LogP contribution >= 0.6 is 0 Å². The first-order chi connectivity index (χ1) is 25.3. The summed E-state index contributed by atoms with van der Waals surface area (Å²) < 4.78 is 5.01. The number of rotatable bonds is 4. The Morgan fingerprint density at radius 3 is 1.82 bits per heavy atom. The first kappa shape index (κ1) is 28.3. The van der Waals surface area contributed by atoms with E-state index in [1.165, 1.54) is 88.3 Å². The Balaban J connectivity index is 1.33. The van der Waals surface area contributed by atoms with Crippen molar-refractivity contribution >= 4 is 55.7 Å². The molecule has 11 rings (SSSR count). The summed E-state index contributed by atoms with van der Waals surface area (Å²) >= 11 is 0. The highest BCUT2D eigenvalue weighted by atomic mass is 15.2. The molecule has 1 unspecified atom stereocenters. The second kappa shape index (κ2) is 11.0. The van der Waals surface area contributed by atoms with Gasteiger partial charge in [-0.05, 0) is 78.2 Å². The lowest BCUT2D eigenvalue weighted by Gasteiger charge is -2.28. The Morgan fingerprint density at radius 2 is 1.10 bits per heavy atom. The molecule has 9 aromatic rings. The van der Waals surface area contributed by atoms with E-state index in [-0.39, 0.29) is 6.04 Å². The molecule has 240 valence electrons. The molecule has 7 aromatic carbocycles. The van der Waals surface area contributed by atoms with Crippen LogP contribution in [0.25, 0.3) is 66.9 Å². The van der Waals surface area contributed by atoms with E-state index in [9.17, 15) is 0 Å². The molecule has 0 fully saturated rings. The van der Waals surface area contributed by atoms with Crippen LogP contribution in [-0.4, -0.2) is 15.2 Å². The number of para-hydroxylation sites is 4. The van der Waals surface area contributed by atoms with Crippen molar-refractivity contribution in [1.29, 1.82) is 0 Å². The van der Waals surface area contributed by atoms with Crippen LogP contribution in [0.15, 0.2) is 176 Å². The summed E-state index contributed by atoms with van der Waals surface area (Å²) in [4.78, 5) is 2.57. The van der Waals surface area contributed by atoms with Crippen LogP contribution in [0.3, 0.4) is 0 Å². The maximum absolute atomic E-state index is 2.58. The summed E-state index contributed by atoms with van der Waals surface area (Å²) in [5.41, 5.74) is 13.7. The minimum Gasteiger partial charge on any atom is -0.333 e. The zero-order valence-electron chi connectivity index (χ0n) is 27.9. The number of fused-ring (bicyclic) bond motifs is 10. The van der Waals surface area contributed by atoms with E-state index in [1.54, 1.807) is 0 Å². The molecule has 0 saturated carbocycles. The van der Waals surface area contributed by atoms with Crippen molar-refractivity contribution in [2.75, 3.05) is 4.90 Å². The van der Waals surface area contributed by atoms with Gasteiger partial charge in [-0.3, -0.25) is 0 Å². The molecule has 0 amide bonds. The molecule has 3 heterocycles. The molecule has 1 aliphatic heterocycles. The number of anilines is 2. The molecule has 1 atom stereocenters. The van der Waals surface area contributed by atoms with Crippen LogP contribution in [0, 0.1) is 0 Å². The predicted molar refractivity (Wildman–Crippen MR) is 213 cm³/mol. The minimum absolute atomic E-state index is 0.161. The summed E-state index contributed by atoms with van der Waals surface area (Å²) in [5, 5.41) is 6.46. The molecule has 0 N–H and O–H groups in total. The number of aromatic nitrogens is 2. The average Bonchev–Trinajstić information content (AvgIpc) is 3.84. The maximum Gasteiger partial charge on any atom is 0.0654 e. The summed E-state index contributed by atoms with van der Waals surface area (Å²) in [7, 11) is 0. The smallest absolute Gasteiger partial charge is 0.0654 e. The zero-order valence-corrected chi connectivity index (χ0v) is 27.9. The molecular weight excluding hydrogens is 619 g/mol. The van der Waals surface area contributed by atoms with Gasteiger partial charge in [-0.15, -0.1) is 0 Å². The summed E-state index contributed by atoms with van der Waals surface area (Å²) in [6.07, 6.45) is 3.43. The molecule has 0 bridgehead atoms. The van der Waals surface area contributed by atoms with Crippen LogP contribution in [0.2, 0.25) is 0 Å². The Kier molecular flexibility index (Phi) is 6.08. The average molecular weight is 652 g/mol. The quantitative estimate of drug-likeness (QED) is 0.185. The molecule has 0 radical (unpaired) electrons. The molecule has 51 heavy (non-hydrogen) atoms. The van der Waals surface area contributed by atoms with E-state index >= 15 is 0 Å². The van der Waals surface area contributed by atoms with Crippen molar-refractivity contribution in [3.8, 4) is 22.5 Å². The van der Waals surface area contributed by atoms with Gasteiger partial charge in [0.2, 0.25) is 0 Å². The van der Waals surface area contributed by atoms with Crippen molar-refractivity contribution in [3.63, 3.8) is 0 Å². The fourth-order valence-corrected chi connectivity index (χ4v) is 8.91. The Bertz CT molecular complexity index is 2920. The van der Waals surface area contributed by atoms with Gasteiger partial charge in [0.05, 0.1) is 27.9 Å². The van der Waals surface area contributed by atoms with E-state index in [0.29, 0.717) is 0 Å². The maximum atomic E-state index is 2.58. The standard InChI is InChI=1S/C48H33N3/c1-5-15-32(16-6-1)33-25-28-42-40(31-33)46-44(50(42)35-19-9-3-10-20-35)30-27-38-37-26-29-43-45(47(37)51(48(38)46)36-21-11-4-12-22-36)39-23-13-14-24-41(39)49(43)34-17-7-2-8-18-34/h1-29,31,44H,30H2. The predicted octanol–water partition coefficient (Wildman–Crippen LogP) is 10.3. The van der Waals surface area contributed by atoms with E-state index < -0.39 is 0 Å². The van der Waals surface area contributed by atoms with Gasteiger partial charge in [-0.1, -0.05) is 121 Å². The van der Waals surface area contributed by atoms with E-state index in [1.807, 2.05) is 0 Å². The Labute approximate surface area is 295 Å². The highest BCUT2D eigenvalue weighted by Gasteiger charge is 2.38. The van der Waals surface area contributed by atoms with Crippen molar-refractivity contribution in [2.24, 2.45) is 0 Å². The molecule has 1 aliphatic carbocycles. The van der Waals surface area contributed by atoms with Gasteiger partial charge >= 0.3 is 0 Å². The Morgan fingerprint density at radius 1 is 0.471 bits per heavy atom. The SMILES string of the molecule is C1=c2c(n(-c3ccccc3)c3c2ccc2c3c3ccccc3n2-c2ccccc2)=C2c3cc(-c4ccccc4)ccc3N(c3ccccc3)C2C1. The summed E-state index contributed by atoms with van der Waals surface area (Å²) in [6.45, 7) is 0. The zero-order chi connectivity index (χ0) is 33.5. The molecule has 3 nitrogen and oxygen atoms in total. The first-order valence-corrected chi connectivity index (χ1v) is 17.8. The van der Waals surface area contributed by atoms with Crippen molar-refractivity contribution in [1.82, 2.24) is 9.13 Å². The number of hydrogen-bond acceptors (Lipinski definition) is 1. The number of benzene rings is 7. The van der Waals surface area contributed by atoms with Gasteiger partial charge in [0, 0.05) is 55.3 Å². The van der Waals surface area contributed by atoms with Crippen LogP contribution in [0.5, 0.6) is 0 Å². The normalized spacial score (nSPS) is 14.9. The van der Waals surface area contributed by atoms with Gasteiger partial charge in [-0.25, -0.2) is 0 Å². The summed E-state index contributed by atoms with van der Waals surface area (Å²) in [5.74, 6) is 0. The monoisotopic (exact) mass is 651 g/mol. The molecule has 2 aromatic heterocycles. The van der Waals surface area contributed by atoms with Crippen LogP contribution < -0.4 is 15.5 Å². The topological polar surface area (TPSA) is 13.1 Å². The third kappa shape index (κ3) is 4.06. The summed E-state index contributed by atoms with van der Waals surface area (Å²) in [6, 6.07) is 64.3. The molecular formula is C48H33N3. The third-order valence-corrected chi connectivity index (χ3v) is 11.0. The molecule has 0 spiro atoms. The van der Waals surface area contributed by atoms with Gasteiger partial charge in [0.25, 0.3) is 0 Å². The lowest BCUT2D eigenvalue weighted by atomic mass is 9.92. The van der Waals surface area contributed by atoms with E-state index in [0.717, 1.165) is 6.42 Å².